The number of carbonyl (C=O) groups is 1. The first-order chi connectivity index (χ1) is 10.5. The fourth-order valence-corrected chi connectivity index (χ4v) is 3.05. The van der Waals surface area contributed by atoms with Gasteiger partial charge in [0.2, 0.25) is 0 Å². The quantitative estimate of drug-likeness (QED) is 0.762. The van der Waals surface area contributed by atoms with Crippen molar-refractivity contribution in [2.45, 2.75) is 71.3 Å². The van der Waals surface area contributed by atoms with Crippen molar-refractivity contribution in [2.24, 2.45) is 5.92 Å². The second kappa shape index (κ2) is 8.21. The third kappa shape index (κ3) is 5.36. The molecule has 22 heavy (non-hydrogen) atoms. The van der Waals surface area contributed by atoms with E-state index in [9.17, 15) is 4.79 Å². The molecule has 0 aromatic heterocycles. The lowest BCUT2D eigenvalue weighted by molar-refractivity contribution is -0.137. The van der Waals surface area contributed by atoms with Gasteiger partial charge in [-0.1, -0.05) is 32.4 Å². The number of ether oxygens (including phenoxy) is 1. The first-order valence-electron chi connectivity index (χ1n) is 8.55. The summed E-state index contributed by atoms with van der Waals surface area (Å²) in [5, 5.41) is 8.70. The molecule has 3 heteroatoms. The van der Waals surface area contributed by atoms with Crippen LogP contribution in [0.15, 0.2) is 18.2 Å². The van der Waals surface area contributed by atoms with Crippen molar-refractivity contribution in [1.29, 1.82) is 0 Å². The Morgan fingerprint density at radius 3 is 2.91 bits per heavy atom. The largest absolute Gasteiger partial charge is 0.490 e. The second-order valence-corrected chi connectivity index (χ2v) is 6.79. The van der Waals surface area contributed by atoms with Crippen molar-refractivity contribution in [3.05, 3.63) is 29.3 Å². The number of aliphatic carboxylic acids is 1. The molecule has 1 aromatic carbocycles. The van der Waals surface area contributed by atoms with Crippen LogP contribution in [-0.4, -0.2) is 17.2 Å². The summed E-state index contributed by atoms with van der Waals surface area (Å²) in [7, 11) is 0. The van der Waals surface area contributed by atoms with E-state index in [4.69, 9.17) is 9.84 Å². The monoisotopic (exact) mass is 304 g/mol. The number of carboxylic acid groups (broad SMARTS) is 1. The summed E-state index contributed by atoms with van der Waals surface area (Å²) in [4.78, 5) is 10.6. The van der Waals surface area contributed by atoms with E-state index in [1.807, 2.05) is 0 Å². The van der Waals surface area contributed by atoms with Crippen molar-refractivity contribution in [1.82, 2.24) is 0 Å². The molecule has 0 aliphatic carbocycles. The maximum atomic E-state index is 10.6. The van der Waals surface area contributed by atoms with Gasteiger partial charge in [-0.15, -0.1) is 0 Å². The molecule has 1 aliphatic rings. The minimum atomic E-state index is -0.717. The van der Waals surface area contributed by atoms with Crippen LogP contribution >= 0.6 is 0 Å². The zero-order valence-electron chi connectivity index (χ0n) is 13.8. The van der Waals surface area contributed by atoms with Gasteiger partial charge in [-0.05, 0) is 61.6 Å². The average molecular weight is 304 g/mol. The Labute approximate surface area is 133 Å². The molecule has 1 N–H and O–H groups in total. The van der Waals surface area contributed by atoms with Crippen LogP contribution in [0.5, 0.6) is 5.75 Å². The molecule has 0 saturated heterocycles. The molecule has 1 aromatic rings. The SMILES string of the molecule is CC(C)CCC[C@@H]1CCc2cc(CCCC(=O)O)ccc2O1. The maximum absolute atomic E-state index is 10.6. The maximum Gasteiger partial charge on any atom is 0.303 e. The highest BCUT2D eigenvalue weighted by Gasteiger charge is 2.19. The van der Waals surface area contributed by atoms with Crippen molar-refractivity contribution < 1.29 is 14.6 Å². The van der Waals surface area contributed by atoms with Gasteiger partial charge in [-0.2, -0.15) is 0 Å². The predicted octanol–water partition coefficient (Wildman–Crippen LogP) is 4.61. The van der Waals surface area contributed by atoms with Crippen molar-refractivity contribution >= 4 is 5.97 Å². The summed E-state index contributed by atoms with van der Waals surface area (Å²) in [6, 6.07) is 6.35. The van der Waals surface area contributed by atoms with E-state index in [2.05, 4.69) is 32.0 Å². The number of benzene rings is 1. The highest BCUT2D eigenvalue weighted by molar-refractivity contribution is 5.66. The van der Waals surface area contributed by atoms with E-state index in [1.54, 1.807) is 0 Å². The Bertz CT molecular complexity index is 493. The van der Waals surface area contributed by atoms with Gasteiger partial charge in [0.25, 0.3) is 0 Å². The fourth-order valence-electron chi connectivity index (χ4n) is 3.05. The predicted molar refractivity (Wildman–Crippen MR) is 88.4 cm³/mol. The molecule has 122 valence electrons. The fraction of sp³-hybridized carbons (Fsp3) is 0.632. The van der Waals surface area contributed by atoms with Gasteiger partial charge in [0.15, 0.2) is 0 Å². The number of aryl methyl sites for hydroxylation is 2. The molecule has 0 fully saturated rings. The molecule has 0 saturated carbocycles. The highest BCUT2D eigenvalue weighted by atomic mass is 16.5. The molecule has 1 heterocycles. The first kappa shape index (κ1) is 16.9. The van der Waals surface area contributed by atoms with Crippen LogP contribution in [0, 0.1) is 5.92 Å². The molecular formula is C19H28O3. The molecule has 2 rings (SSSR count). The van der Waals surface area contributed by atoms with Crippen LogP contribution in [0.1, 0.15) is 63.5 Å². The lowest BCUT2D eigenvalue weighted by Gasteiger charge is -2.27. The van der Waals surface area contributed by atoms with Crippen LogP contribution in [0.4, 0.5) is 0 Å². The molecule has 0 bridgehead atoms. The lowest BCUT2D eigenvalue weighted by atomic mass is 9.95. The minimum absolute atomic E-state index is 0.242. The third-order valence-electron chi connectivity index (χ3n) is 4.32. The molecule has 3 nitrogen and oxygen atoms in total. The summed E-state index contributed by atoms with van der Waals surface area (Å²) in [5.41, 5.74) is 2.51. The summed E-state index contributed by atoms with van der Waals surface area (Å²) >= 11 is 0. The Morgan fingerprint density at radius 2 is 2.18 bits per heavy atom. The number of rotatable bonds is 8. The zero-order valence-corrected chi connectivity index (χ0v) is 13.8. The van der Waals surface area contributed by atoms with Crippen LogP contribution in [0.25, 0.3) is 0 Å². The first-order valence-corrected chi connectivity index (χ1v) is 8.55. The Balaban J connectivity index is 1.84. The number of hydrogen-bond donors (Lipinski definition) is 1. The van der Waals surface area contributed by atoms with Crippen LogP contribution < -0.4 is 4.74 Å². The van der Waals surface area contributed by atoms with Gasteiger partial charge in [-0.3, -0.25) is 4.79 Å². The van der Waals surface area contributed by atoms with E-state index < -0.39 is 5.97 Å². The molecule has 0 amide bonds. The zero-order chi connectivity index (χ0) is 15.9. The Kier molecular flexibility index (Phi) is 6.29. The van der Waals surface area contributed by atoms with E-state index in [0.717, 1.165) is 37.4 Å². The van der Waals surface area contributed by atoms with E-state index in [1.165, 1.54) is 24.0 Å². The third-order valence-corrected chi connectivity index (χ3v) is 4.32. The van der Waals surface area contributed by atoms with E-state index in [-0.39, 0.29) is 6.42 Å². The van der Waals surface area contributed by atoms with Gasteiger partial charge in [0.1, 0.15) is 5.75 Å². The van der Waals surface area contributed by atoms with Gasteiger partial charge in [0, 0.05) is 6.42 Å². The Morgan fingerprint density at radius 1 is 1.36 bits per heavy atom. The smallest absolute Gasteiger partial charge is 0.303 e. The van der Waals surface area contributed by atoms with Gasteiger partial charge < -0.3 is 9.84 Å². The molecule has 1 aliphatic heterocycles. The van der Waals surface area contributed by atoms with Crippen molar-refractivity contribution in [3.8, 4) is 5.75 Å². The molecule has 0 spiro atoms. The summed E-state index contributed by atoms with van der Waals surface area (Å²) in [6.07, 6.45) is 7.98. The molecular weight excluding hydrogens is 276 g/mol. The van der Waals surface area contributed by atoms with Crippen molar-refractivity contribution in [3.63, 3.8) is 0 Å². The van der Waals surface area contributed by atoms with Gasteiger partial charge in [0.05, 0.1) is 6.10 Å². The van der Waals surface area contributed by atoms with Crippen molar-refractivity contribution in [2.75, 3.05) is 0 Å². The second-order valence-electron chi connectivity index (χ2n) is 6.79. The summed E-state index contributed by atoms with van der Waals surface area (Å²) in [6.45, 7) is 4.53. The van der Waals surface area contributed by atoms with Crippen LogP contribution in [0.2, 0.25) is 0 Å². The van der Waals surface area contributed by atoms with E-state index in [0.29, 0.717) is 12.5 Å². The normalized spacial score (nSPS) is 17.1. The molecule has 1 atom stereocenters. The molecule has 0 radical (unpaired) electrons. The van der Waals surface area contributed by atoms with E-state index >= 15 is 0 Å². The number of carboxylic acids is 1. The standard InChI is InChI=1S/C19H28O3/c1-14(2)5-3-7-17-11-10-16-13-15(6-4-8-19(20)21)9-12-18(16)22-17/h9,12-14,17H,3-8,10-11H2,1-2H3,(H,20,21)/t17-/m1/s1. The lowest BCUT2D eigenvalue weighted by Crippen LogP contribution is -2.22. The number of hydrogen-bond acceptors (Lipinski definition) is 2. The topological polar surface area (TPSA) is 46.5 Å². The van der Waals surface area contributed by atoms with Gasteiger partial charge in [-0.25, -0.2) is 0 Å². The number of fused-ring (bicyclic) bond motifs is 1. The highest BCUT2D eigenvalue weighted by Crippen LogP contribution is 2.30. The van der Waals surface area contributed by atoms with Gasteiger partial charge >= 0.3 is 5.97 Å². The minimum Gasteiger partial charge on any atom is -0.490 e. The molecule has 0 unspecified atom stereocenters. The summed E-state index contributed by atoms with van der Waals surface area (Å²) in [5.74, 6) is 1.08. The summed E-state index contributed by atoms with van der Waals surface area (Å²) < 4.78 is 6.12. The Hall–Kier alpha value is -1.51. The van der Waals surface area contributed by atoms with Crippen LogP contribution in [0.3, 0.4) is 0 Å². The van der Waals surface area contributed by atoms with Crippen LogP contribution in [-0.2, 0) is 17.6 Å². The average Bonchev–Trinajstić information content (AvgIpc) is 2.46.